The lowest BCUT2D eigenvalue weighted by Gasteiger charge is -2.34. The van der Waals surface area contributed by atoms with Crippen LogP contribution in [0, 0.1) is 5.92 Å². The third kappa shape index (κ3) is 8.66. The summed E-state index contributed by atoms with van der Waals surface area (Å²) in [4.78, 5) is 57.7. The van der Waals surface area contributed by atoms with Crippen LogP contribution in [-0.4, -0.2) is 98.8 Å². The monoisotopic (exact) mass is 809 g/mol. The summed E-state index contributed by atoms with van der Waals surface area (Å²) >= 11 is 0. The number of aromatic amines is 2. The number of carbonyl (C=O) groups is 3. The van der Waals surface area contributed by atoms with E-state index in [0.29, 0.717) is 44.1 Å². The molecule has 59 heavy (non-hydrogen) atoms. The summed E-state index contributed by atoms with van der Waals surface area (Å²) in [5, 5.41) is 4.91. The maximum atomic E-state index is 14.5. The molecule has 3 amide bonds. The summed E-state index contributed by atoms with van der Waals surface area (Å²) in [5.74, 6) is -2.22. The number of nitrogens with zero attached hydrogens (tertiary/aromatic N) is 4. The Hall–Kier alpha value is -5.83. The van der Waals surface area contributed by atoms with Crippen LogP contribution in [0.15, 0.2) is 73.1 Å². The molecule has 3 N–H and O–H groups in total. The summed E-state index contributed by atoms with van der Waals surface area (Å²) in [6, 6.07) is 18.5. The molecule has 0 spiro atoms. The van der Waals surface area contributed by atoms with Crippen molar-refractivity contribution in [2.45, 2.75) is 82.5 Å². The number of nitrogens with one attached hydrogen (secondary N) is 3. The van der Waals surface area contributed by atoms with Crippen molar-refractivity contribution in [1.82, 2.24) is 35.1 Å². The second-order valence-corrected chi connectivity index (χ2v) is 16.7. The Morgan fingerprint density at radius 1 is 0.831 bits per heavy atom. The summed E-state index contributed by atoms with van der Waals surface area (Å²) in [6.45, 7) is 6.05. The Morgan fingerprint density at radius 2 is 1.42 bits per heavy atom. The van der Waals surface area contributed by atoms with E-state index in [4.69, 9.17) is 19.2 Å². The van der Waals surface area contributed by atoms with Gasteiger partial charge in [0, 0.05) is 31.7 Å². The van der Waals surface area contributed by atoms with Gasteiger partial charge in [0.05, 0.1) is 49.5 Å². The van der Waals surface area contributed by atoms with E-state index in [1.807, 2.05) is 35.2 Å². The molecule has 0 saturated carbocycles. The molecule has 3 saturated heterocycles. The average Bonchev–Trinajstić information content (AvgIpc) is 4.05. The smallest absolute Gasteiger partial charge is 0.411 e. The standard InChI is InChI=1S/C44H49F2N7O6/c1-43(2,3)59-42(56)53-25-44(45,46)22-36(53)39-48-23-33(49-39)27-9-7-26(8-10-27)29-11-12-31-21-32(14-13-30(31)20-29)34-24-47-38(50-34)35-6-5-17-52(35)40(54)37(51-41(55)57-4)28-15-18-58-19-16-28/h7-14,20-21,23-24,28,35-37H,5-6,15-19,22,25H2,1-4H3,(H,47,50)(H,48,49)(H,51,55)/t35-,36-,37-/m0/s1. The third-order valence-corrected chi connectivity index (χ3v) is 11.4. The lowest BCUT2D eigenvalue weighted by Crippen LogP contribution is -2.53. The zero-order chi connectivity index (χ0) is 41.5. The second kappa shape index (κ2) is 16.1. The van der Waals surface area contributed by atoms with E-state index >= 15 is 0 Å². The first-order chi connectivity index (χ1) is 28.2. The molecule has 3 aliphatic heterocycles. The number of hydrogen-bond donors (Lipinski definition) is 3. The number of carbonyl (C=O) groups excluding carboxylic acids is 3. The maximum absolute atomic E-state index is 14.5. The normalized spacial score (nSPS) is 20.2. The number of imidazole rings is 2. The largest absolute Gasteiger partial charge is 0.453 e. The van der Waals surface area contributed by atoms with E-state index < -0.39 is 48.8 Å². The number of hydrogen-bond acceptors (Lipinski definition) is 8. The number of likely N-dealkylation sites (tertiary alicyclic amines) is 2. The van der Waals surface area contributed by atoms with Crippen molar-refractivity contribution in [1.29, 1.82) is 0 Å². The quantitative estimate of drug-likeness (QED) is 0.141. The summed E-state index contributed by atoms with van der Waals surface area (Å²) < 4.78 is 44.8. The molecule has 2 aromatic heterocycles. The highest BCUT2D eigenvalue weighted by molar-refractivity contribution is 5.91. The van der Waals surface area contributed by atoms with Crippen molar-refractivity contribution < 1.29 is 37.4 Å². The molecule has 310 valence electrons. The van der Waals surface area contributed by atoms with Gasteiger partial charge >= 0.3 is 12.2 Å². The topological polar surface area (TPSA) is 155 Å². The number of rotatable bonds is 8. The van der Waals surface area contributed by atoms with Crippen LogP contribution in [0.4, 0.5) is 18.4 Å². The van der Waals surface area contributed by atoms with Crippen LogP contribution in [0.1, 0.15) is 76.6 Å². The van der Waals surface area contributed by atoms with Gasteiger partial charge in [-0.2, -0.15) is 0 Å². The highest BCUT2D eigenvalue weighted by Gasteiger charge is 2.50. The van der Waals surface area contributed by atoms with Gasteiger partial charge < -0.3 is 34.4 Å². The fraction of sp³-hybridized carbons (Fsp3) is 0.432. The minimum atomic E-state index is -3.05. The molecule has 0 unspecified atom stereocenters. The van der Waals surface area contributed by atoms with E-state index in [2.05, 4.69) is 50.6 Å². The molecule has 13 nitrogen and oxygen atoms in total. The molecule has 0 aliphatic carbocycles. The van der Waals surface area contributed by atoms with E-state index in [9.17, 15) is 23.2 Å². The fourth-order valence-corrected chi connectivity index (χ4v) is 8.42. The van der Waals surface area contributed by atoms with Crippen molar-refractivity contribution in [2.75, 3.05) is 33.4 Å². The summed E-state index contributed by atoms with van der Waals surface area (Å²) in [7, 11) is 1.30. The SMILES string of the molecule is COC(=O)N[C@H](C(=O)N1CCC[C@H]1c1ncc(-c2ccc3cc(-c4ccc(-c5cnc([C@@H]6CC(F)(F)CN6C(=O)OC(C)(C)C)[nH]5)cc4)ccc3c2)[nH]1)C1CCOCC1. The Labute approximate surface area is 340 Å². The van der Waals surface area contributed by atoms with Crippen LogP contribution < -0.4 is 5.32 Å². The van der Waals surface area contributed by atoms with Gasteiger partial charge in [-0.05, 0) is 92.0 Å². The summed E-state index contributed by atoms with van der Waals surface area (Å²) in [5.41, 5.74) is 4.50. The average molecular weight is 810 g/mol. The first-order valence-electron chi connectivity index (χ1n) is 20.1. The highest BCUT2D eigenvalue weighted by atomic mass is 19.3. The van der Waals surface area contributed by atoms with Crippen LogP contribution in [0.2, 0.25) is 0 Å². The molecule has 8 rings (SSSR count). The number of alkyl halides is 2. The van der Waals surface area contributed by atoms with Crippen molar-refractivity contribution in [2.24, 2.45) is 5.92 Å². The van der Waals surface area contributed by atoms with Crippen molar-refractivity contribution in [3.05, 3.63) is 84.7 Å². The molecule has 3 fully saturated rings. The highest BCUT2D eigenvalue weighted by Crippen LogP contribution is 2.42. The minimum Gasteiger partial charge on any atom is -0.453 e. The van der Waals surface area contributed by atoms with Gasteiger partial charge in [-0.25, -0.2) is 28.3 Å². The molecule has 5 aromatic rings. The van der Waals surface area contributed by atoms with Crippen LogP contribution in [-0.2, 0) is 19.0 Å². The Kier molecular flexibility index (Phi) is 10.9. The van der Waals surface area contributed by atoms with Crippen LogP contribution in [0.25, 0.3) is 44.4 Å². The Balaban J connectivity index is 0.950. The van der Waals surface area contributed by atoms with E-state index in [-0.39, 0.29) is 23.7 Å². The molecule has 0 bridgehead atoms. The van der Waals surface area contributed by atoms with Crippen molar-refractivity contribution in [3.63, 3.8) is 0 Å². The van der Waals surface area contributed by atoms with Gasteiger partial charge in [-0.3, -0.25) is 9.69 Å². The molecule has 3 aromatic carbocycles. The number of H-pyrrole nitrogens is 2. The molecule has 5 heterocycles. The van der Waals surface area contributed by atoms with Crippen LogP contribution in [0.5, 0.6) is 0 Å². The van der Waals surface area contributed by atoms with E-state index in [1.165, 1.54) is 7.11 Å². The number of alkyl carbamates (subject to hydrolysis) is 1. The zero-order valence-corrected chi connectivity index (χ0v) is 33.6. The number of ether oxygens (including phenoxy) is 3. The van der Waals surface area contributed by atoms with Gasteiger partial charge in [0.15, 0.2) is 0 Å². The fourth-order valence-electron chi connectivity index (χ4n) is 8.42. The molecule has 3 aliphatic rings. The van der Waals surface area contributed by atoms with E-state index in [1.54, 1.807) is 33.2 Å². The molecule has 0 radical (unpaired) electrons. The lowest BCUT2D eigenvalue weighted by molar-refractivity contribution is -0.136. The number of amides is 3. The van der Waals surface area contributed by atoms with Crippen LogP contribution in [0.3, 0.4) is 0 Å². The number of benzene rings is 3. The van der Waals surface area contributed by atoms with Gasteiger partial charge in [0.1, 0.15) is 23.3 Å². The Bertz CT molecular complexity index is 2330. The van der Waals surface area contributed by atoms with Crippen molar-refractivity contribution in [3.8, 4) is 33.6 Å². The molecule has 3 atom stereocenters. The zero-order valence-electron chi connectivity index (χ0n) is 33.6. The van der Waals surface area contributed by atoms with Gasteiger partial charge in [-0.15, -0.1) is 0 Å². The third-order valence-electron chi connectivity index (χ3n) is 11.4. The van der Waals surface area contributed by atoms with Crippen molar-refractivity contribution >= 4 is 28.9 Å². The second-order valence-electron chi connectivity index (χ2n) is 16.7. The molecular formula is C44H49F2N7O6. The number of aromatic nitrogens is 4. The molecular weight excluding hydrogens is 761 g/mol. The van der Waals surface area contributed by atoms with Gasteiger partial charge in [0.2, 0.25) is 5.91 Å². The van der Waals surface area contributed by atoms with Gasteiger partial charge in [0.25, 0.3) is 5.92 Å². The predicted molar refractivity (Wildman–Crippen MR) is 216 cm³/mol. The van der Waals surface area contributed by atoms with Crippen LogP contribution >= 0.6 is 0 Å². The summed E-state index contributed by atoms with van der Waals surface area (Å²) in [6.07, 6.45) is 4.40. The molecule has 15 heteroatoms. The maximum Gasteiger partial charge on any atom is 0.411 e. The number of methoxy groups -OCH3 is 1. The first kappa shape index (κ1) is 40.0. The lowest BCUT2D eigenvalue weighted by atomic mass is 9.90. The van der Waals surface area contributed by atoms with Gasteiger partial charge in [-0.1, -0.05) is 48.5 Å². The number of fused-ring (bicyclic) bond motifs is 1. The minimum absolute atomic E-state index is 0.0397. The van der Waals surface area contributed by atoms with E-state index in [0.717, 1.165) is 56.5 Å². The predicted octanol–water partition coefficient (Wildman–Crippen LogP) is 8.42. The Morgan fingerprint density at radius 3 is 2.08 bits per heavy atom. The number of halogens is 2. The first-order valence-corrected chi connectivity index (χ1v) is 20.1.